The van der Waals surface area contributed by atoms with Crippen molar-refractivity contribution in [3.05, 3.63) is 70.9 Å². The molecule has 0 amide bonds. The zero-order valence-corrected chi connectivity index (χ0v) is 18.0. The molecule has 1 aromatic carbocycles. The Hall–Kier alpha value is -1.72. The molecule has 1 aliphatic carbocycles. The largest absolute Gasteiger partial charge is 0.396 e. The Labute approximate surface area is 177 Å². The van der Waals surface area contributed by atoms with Gasteiger partial charge in [0.2, 0.25) is 0 Å². The standard InChI is InChI=1S/C23H26N2OS.ClH/c1-25(2)23(21-9-5-6-15-24-21)13-10-17(11-14-23)22-18-7-3-4-8-19(18)27-20(22)12-16-26;/h3-10,15,26H,11-14,16H2,1-2H3;1H. The van der Waals surface area contributed by atoms with Crippen LogP contribution in [0.5, 0.6) is 0 Å². The fourth-order valence-corrected chi connectivity index (χ4v) is 5.53. The molecule has 0 radical (unpaired) electrons. The van der Waals surface area contributed by atoms with Crippen LogP contribution in [0, 0.1) is 0 Å². The van der Waals surface area contributed by atoms with Crippen molar-refractivity contribution in [2.24, 2.45) is 0 Å². The summed E-state index contributed by atoms with van der Waals surface area (Å²) in [7, 11) is 4.31. The highest BCUT2D eigenvalue weighted by molar-refractivity contribution is 7.19. The van der Waals surface area contributed by atoms with Gasteiger partial charge in [-0.05, 0) is 62.7 Å². The van der Waals surface area contributed by atoms with Gasteiger partial charge in [0, 0.05) is 34.2 Å². The van der Waals surface area contributed by atoms with Crippen LogP contribution in [0.2, 0.25) is 0 Å². The van der Waals surface area contributed by atoms with Gasteiger partial charge < -0.3 is 5.11 Å². The predicted octanol–water partition coefficient (Wildman–Crippen LogP) is 5.28. The molecule has 1 aliphatic rings. The molecular weight excluding hydrogens is 388 g/mol. The van der Waals surface area contributed by atoms with E-state index >= 15 is 0 Å². The van der Waals surface area contributed by atoms with Crippen molar-refractivity contribution in [2.75, 3.05) is 20.7 Å². The maximum Gasteiger partial charge on any atom is 0.0666 e. The van der Waals surface area contributed by atoms with Gasteiger partial charge >= 0.3 is 0 Å². The van der Waals surface area contributed by atoms with Gasteiger partial charge in [0.15, 0.2) is 0 Å². The maximum atomic E-state index is 9.54. The summed E-state index contributed by atoms with van der Waals surface area (Å²) in [5.41, 5.74) is 3.88. The highest BCUT2D eigenvalue weighted by Crippen LogP contribution is 2.45. The molecule has 0 bridgehead atoms. The second-order valence-corrected chi connectivity index (χ2v) is 8.58. The molecule has 3 aromatic rings. The molecule has 148 valence electrons. The van der Waals surface area contributed by atoms with Crippen molar-refractivity contribution in [2.45, 2.75) is 31.2 Å². The number of benzene rings is 1. The quantitative estimate of drug-likeness (QED) is 0.617. The van der Waals surface area contributed by atoms with Gasteiger partial charge in [0.05, 0.1) is 11.2 Å². The molecule has 0 aliphatic heterocycles. The molecule has 5 heteroatoms. The van der Waals surface area contributed by atoms with Crippen molar-refractivity contribution in [1.29, 1.82) is 0 Å². The normalized spacial score (nSPS) is 19.5. The van der Waals surface area contributed by atoms with E-state index in [1.807, 2.05) is 23.6 Å². The molecule has 2 aromatic heterocycles. The summed E-state index contributed by atoms with van der Waals surface area (Å²) in [5, 5.41) is 10.9. The third-order valence-corrected chi connectivity index (χ3v) is 7.05. The van der Waals surface area contributed by atoms with Gasteiger partial charge in [-0.3, -0.25) is 9.88 Å². The Morgan fingerprint density at radius 2 is 1.93 bits per heavy atom. The zero-order valence-electron chi connectivity index (χ0n) is 16.4. The van der Waals surface area contributed by atoms with Gasteiger partial charge in [-0.25, -0.2) is 0 Å². The van der Waals surface area contributed by atoms with Crippen LogP contribution in [0.15, 0.2) is 54.7 Å². The van der Waals surface area contributed by atoms with Crippen molar-refractivity contribution in [3.8, 4) is 0 Å². The summed E-state index contributed by atoms with van der Waals surface area (Å²) >= 11 is 1.82. The van der Waals surface area contributed by atoms with Crippen molar-refractivity contribution >= 4 is 39.4 Å². The summed E-state index contributed by atoms with van der Waals surface area (Å²) in [4.78, 5) is 8.31. The predicted molar refractivity (Wildman–Crippen MR) is 121 cm³/mol. The number of aliphatic hydroxyl groups excluding tert-OH is 1. The van der Waals surface area contributed by atoms with E-state index in [-0.39, 0.29) is 24.6 Å². The van der Waals surface area contributed by atoms with Crippen LogP contribution in [0.25, 0.3) is 15.7 Å². The van der Waals surface area contributed by atoms with Crippen LogP contribution < -0.4 is 0 Å². The summed E-state index contributed by atoms with van der Waals surface area (Å²) in [6.45, 7) is 0.197. The van der Waals surface area contributed by atoms with Gasteiger partial charge in [0.1, 0.15) is 0 Å². The fourth-order valence-electron chi connectivity index (χ4n) is 4.30. The van der Waals surface area contributed by atoms with E-state index in [1.54, 1.807) is 0 Å². The van der Waals surface area contributed by atoms with Crippen LogP contribution in [-0.4, -0.2) is 35.7 Å². The van der Waals surface area contributed by atoms with Gasteiger partial charge in [-0.1, -0.05) is 30.3 Å². The third kappa shape index (κ3) is 3.62. The Kier molecular flexibility index (Phi) is 6.56. The number of aromatic nitrogens is 1. The monoisotopic (exact) mass is 414 g/mol. The van der Waals surface area contributed by atoms with Gasteiger partial charge in [-0.2, -0.15) is 0 Å². The van der Waals surface area contributed by atoms with E-state index < -0.39 is 0 Å². The van der Waals surface area contributed by atoms with Crippen LogP contribution in [0.1, 0.15) is 35.4 Å². The van der Waals surface area contributed by atoms with Crippen molar-refractivity contribution in [3.63, 3.8) is 0 Å². The molecule has 2 heterocycles. The van der Waals surface area contributed by atoms with E-state index in [9.17, 15) is 5.11 Å². The average molecular weight is 415 g/mol. The number of thiophene rings is 1. The van der Waals surface area contributed by atoms with E-state index in [0.29, 0.717) is 0 Å². The highest BCUT2D eigenvalue weighted by Gasteiger charge is 2.37. The first-order valence-corrected chi connectivity index (χ1v) is 10.4. The molecule has 1 N–H and O–H groups in total. The first-order chi connectivity index (χ1) is 13.2. The van der Waals surface area contributed by atoms with Crippen molar-refractivity contribution < 1.29 is 5.11 Å². The lowest BCUT2D eigenvalue weighted by molar-refractivity contribution is 0.133. The molecule has 0 saturated heterocycles. The number of hydrogen-bond acceptors (Lipinski definition) is 4. The topological polar surface area (TPSA) is 36.4 Å². The molecular formula is C23H27ClN2OS. The second-order valence-electron chi connectivity index (χ2n) is 7.44. The number of rotatable bonds is 5. The zero-order chi connectivity index (χ0) is 18.9. The van der Waals surface area contributed by atoms with Crippen LogP contribution >= 0.6 is 23.7 Å². The Morgan fingerprint density at radius 3 is 2.57 bits per heavy atom. The number of halogens is 1. The van der Waals surface area contributed by atoms with Crippen molar-refractivity contribution in [1.82, 2.24) is 9.88 Å². The van der Waals surface area contributed by atoms with E-state index in [1.165, 1.54) is 26.1 Å². The number of nitrogens with zero attached hydrogens (tertiary/aromatic N) is 2. The van der Waals surface area contributed by atoms with E-state index in [4.69, 9.17) is 0 Å². The van der Waals surface area contributed by atoms with Crippen LogP contribution in [0.4, 0.5) is 0 Å². The summed E-state index contributed by atoms with van der Waals surface area (Å²) in [6.07, 6.45) is 8.05. The number of pyridine rings is 1. The molecule has 0 fully saturated rings. The lowest BCUT2D eigenvalue weighted by atomic mass is 9.77. The van der Waals surface area contributed by atoms with Gasteiger partial charge in [0.25, 0.3) is 0 Å². The number of aliphatic hydroxyl groups is 1. The smallest absolute Gasteiger partial charge is 0.0666 e. The summed E-state index contributed by atoms with van der Waals surface area (Å²) in [6, 6.07) is 14.8. The maximum absolute atomic E-state index is 9.54. The minimum atomic E-state index is -0.0479. The average Bonchev–Trinajstić information content (AvgIpc) is 3.07. The van der Waals surface area contributed by atoms with E-state index in [0.717, 1.165) is 31.4 Å². The minimum Gasteiger partial charge on any atom is -0.396 e. The van der Waals surface area contributed by atoms with E-state index in [2.05, 4.69) is 66.5 Å². The summed E-state index contributed by atoms with van der Waals surface area (Å²) in [5.74, 6) is 0. The SMILES string of the molecule is CN(C)C1(c2ccccn2)CC=C(c2c(CCO)sc3ccccc23)CC1.Cl. The Morgan fingerprint density at radius 1 is 1.14 bits per heavy atom. The van der Waals surface area contributed by atoms with Crippen LogP contribution in [0.3, 0.4) is 0 Å². The lowest BCUT2D eigenvalue weighted by Crippen LogP contribution is -2.43. The first kappa shape index (κ1) is 21.0. The first-order valence-electron chi connectivity index (χ1n) is 9.55. The van der Waals surface area contributed by atoms with Gasteiger partial charge in [-0.15, -0.1) is 23.7 Å². The Bertz CT molecular complexity index is 967. The molecule has 4 rings (SSSR count). The second kappa shape index (κ2) is 8.75. The number of hydrogen-bond donors (Lipinski definition) is 1. The third-order valence-electron chi connectivity index (χ3n) is 5.82. The molecule has 0 saturated carbocycles. The molecule has 3 nitrogen and oxygen atoms in total. The molecule has 1 atom stereocenters. The molecule has 28 heavy (non-hydrogen) atoms. The Balaban J connectivity index is 0.00000225. The minimum absolute atomic E-state index is 0. The number of fused-ring (bicyclic) bond motifs is 1. The summed E-state index contributed by atoms with van der Waals surface area (Å²) < 4.78 is 1.31. The molecule has 1 unspecified atom stereocenters. The lowest BCUT2D eigenvalue weighted by Gasteiger charge is -2.42. The van der Waals surface area contributed by atoms with Crippen LogP contribution in [-0.2, 0) is 12.0 Å². The number of allylic oxidation sites excluding steroid dienone is 1. The fraction of sp³-hybridized carbons (Fsp3) is 0.348. The highest BCUT2D eigenvalue weighted by atomic mass is 35.5. The molecule has 0 spiro atoms.